The summed E-state index contributed by atoms with van der Waals surface area (Å²) in [4.78, 5) is 11.8. The highest BCUT2D eigenvalue weighted by atomic mass is 32.2. The summed E-state index contributed by atoms with van der Waals surface area (Å²) in [5.74, 6) is 0.283. The first-order chi connectivity index (χ1) is 12.4. The summed E-state index contributed by atoms with van der Waals surface area (Å²) in [6.45, 7) is 4.44. The average Bonchev–Trinajstić information content (AvgIpc) is 2.64. The van der Waals surface area contributed by atoms with Crippen molar-refractivity contribution in [1.82, 2.24) is 10.0 Å². The highest BCUT2D eigenvalue weighted by molar-refractivity contribution is 7.89. The van der Waals surface area contributed by atoms with E-state index in [9.17, 15) is 13.2 Å². The number of rotatable bonds is 9. The molecule has 0 fully saturated rings. The Balaban J connectivity index is 1.99. The Morgan fingerprint density at radius 2 is 1.85 bits per heavy atom. The molecule has 2 N–H and O–H groups in total. The van der Waals surface area contributed by atoms with Crippen LogP contribution in [0.2, 0.25) is 0 Å². The fourth-order valence-electron chi connectivity index (χ4n) is 2.27. The van der Waals surface area contributed by atoms with Crippen LogP contribution < -0.4 is 14.8 Å². The van der Waals surface area contributed by atoms with Gasteiger partial charge in [-0.15, -0.1) is 0 Å². The Bertz CT molecular complexity index is 836. The Hall–Kier alpha value is -2.38. The molecule has 7 heteroatoms. The minimum absolute atomic E-state index is 0.0980. The van der Waals surface area contributed by atoms with Gasteiger partial charge in [0, 0.05) is 13.1 Å². The maximum atomic E-state index is 12.4. The quantitative estimate of drug-likeness (QED) is 0.704. The third-order valence-corrected chi connectivity index (χ3v) is 5.10. The number of sulfonamides is 1. The first kappa shape index (κ1) is 19.9. The highest BCUT2D eigenvalue weighted by Crippen LogP contribution is 2.22. The first-order valence-electron chi connectivity index (χ1n) is 8.46. The van der Waals surface area contributed by atoms with E-state index in [4.69, 9.17) is 4.74 Å². The van der Waals surface area contributed by atoms with Crippen molar-refractivity contribution in [3.63, 3.8) is 0 Å². The van der Waals surface area contributed by atoms with Crippen LogP contribution in [0.15, 0.2) is 53.4 Å². The molecule has 2 aromatic rings. The lowest BCUT2D eigenvalue weighted by molar-refractivity contribution is -0.123. The second kappa shape index (κ2) is 9.35. The summed E-state index contributed by atoms with van der Waals surface area (Å²) in [7, 11) is -3.63. The third-order valence-electron chi connectivity index (χ3n) is 3.70. The van der Waals surface area contributed by atoms with E-state index in [0.29, 0.717) is 17.9 Å². The largest absolute Gasteiger partial charge is 0.484 e. The fraction of sp³-hybridized carbons (Fsp3) is 0.316. The lowest BCUT2D eigenvalue weighted by atomic mass is 10.2. The smallest absolute Gasteiger partial charge is 0.257 e. The minimum atomic E-state index is -3.63. The van der Waals surface area contributed by atoms with Crippen LogP contribution >= 0.6 is 0 Å². The second-order valence-electron chi connectivity index (χ2n) is 5.88. The highest BCUT2D eigenvalue weighted by Gasteiger charge is 2.15. The fourth-order valence-corrected chi connectivity index (χ4v) is 3.37. The predicted molar refractivity (Wildman–Crippen MR) is 100 cm³/mol. The van der Waals surface area contributed by atoms with Gasteiger partial charge in [-0.1, -0.05) is 37.3 Å². The summed E-state index contributed by atoms with van der Waals surface area (Å²) in [5, 5.41) is 2.72. The van der Waals surface area contributed by atoms with Crippen molar-refractivity contribution >= 4 is 15.9 Å². The summed E-state index contributed by atoms with van der Waals surface area (Å²) in [6.07, 6.45) is 0.854. The maximum Gasteiger partial charge on any atom is 0.257 e. The number of carbonyl (C=O) groups excluding carboxylic acids is 1. The molecule has 0 aromatic heterocycles. The molecule has 0 unspecified atom stereocenters. The molecule has 140 valence electrons. The van der Waals surface area contributed by atoms with E-state index in [2.05, 4.69) is 10.0 Å². The summed E-state index contributed by atoms with van der Waals surface area (Å²) < 4.78 is 32.9. The second-order valence-corrected chi connectivity index (χ2v) is 7.64. The third kappa shape index (κ3) is 5.86. The number of benzene rings is 2. The average molecular weight is 376 g/mol. The molecule has 0 saturated carbocycles. The molecule has 0 spiro atoms. The maximum absolute atomic E-state index is 12.4. The van der Waals surface area contributed by atoms with E-state index in [1.807, 2.05) is 37.3 Å². The number of carbonyl (C=O) groups is 1. The molecular weight excluding hydrogens is 352 g/mol. The number of ether oxygens (including phenoxy) is 1. The van der Waals surface area contributed by atoms with Gasteiger partial charge in [0.15, 0.2) is 6.61 Å². The van der Waals surface area contributed by atoms with E-state index in [-0.39, 0.29) is 24.0 Å². The molecule has 0 aliphatic heterocycles. The Morgan fingerprint density at radius 3 is 2.50 bits per heavy atom. The SMILES string of the molecule is CCCNC(=O)COc1ccc(S(=O)(=O)NCc2ccccc2)cc1C. The zero-order chi connectivity index (χ0) is 19.0. The standard InChI is InChI=1S/C19H24N2O4S/c1-3-11-20-19(22)14-25-18-10-9-17(12-15(18)2)26(23,24)21-13-16-7-5-4-6-8-16/h4-10,12,21H,3,11,13-14H2,1-2H3,(H,20,22). The molecule has 0 bridgehead atoms. The van der Waals surface area contributed by atoms with Crippen LogP contribution in [0.1, 0.15) is 24.5 Å². The van der Waals surface area contributed by atoms with E-state index in [0.717, 1.165) is 12.0 Å². The summed E-state index contributed by atoms with van der Waals surface area (Å²) >= 11 is 0. The molecule has 2 aromatic carbocycles. The first-order valence-corrected chi connectivity index (χ1v) is 9.94. The predicted octanol–water partition coefficient (Wildman–Crippen LogP) is 2.38. The molecule has 0 aliphatic rings. The van der Waals surface area contributed by atoms with Gasteiger partial charge < -0.3 is 10.1 Å². The van der Waals surface area contributed by atoms with Crippen LogP contribution in [-0.2, 0) is 21.4 Å². The Labute approximate surface area is 154 Å². The lowest BCUT2D eigenvalue weighted by Crippen LogP contribution is -2.29. The number of aryl methyl sites for hydroxylation is 1. The van der Waals surface area contributed by atoms with Crippen molar-refractivity contribution in [2.24, 2.45) is 0 Å². The van der Waals surface area contributed by atoms with Gasteiger partial charge in [0.05, 0.1) is 4.90 Å². The molecule has 0 heterocycles. The zero-order valence-corrected chi connectivity index (χ0v) is 15.8. The van der Waals surface area contributed by atoms with Crippen LogP contribution in [-0.4, -0.2) is 27.5 Å². The van der Waals surface area contributed by atoms with Gasteiger partial charge >= 0.3 is 0 Å². The van der Waals surface area contributed by atoms with Gasteiger partial charge in [-0.25, -0.2) is 13.1 Å². The van der Waals surface area contributed by atoms with Crippen molar-refractivity contribution in [3.05, 3.63) is 59.7 Å². The van der Waals surface area contributed by atoms with E-state index in [1.165, 1.54) is 12.1 Å². The lowest BCUT2D eigenvalue weighted by Gasteiger charge is -2.12. The zero-order valence-electron chi connectivity index (χ0n) is 15.0. The minimum Gasteiger partial charge on any atom is -0.484 e. The molecular formula is C19H24N2O4S. The van der Waals surface area contributed by atoms with Gasteiger partial charge in [-0.05, 0) is 42.7 Å². The van der Waals surface area contributed by atoms with Gasteiger partial charge in [0.1, 0.15) is 5.75 Å². The van der Waals surface area contributed by atoms with Gasteiger partial charge in [0.2, 0.25) is 10.0 Å². The van der Waals surface area contributed by atoms with E-state index < -0.39 is 10.0 Å². The van der Waals surface area contributed by atoms with Crippen LogP contribution in [0.3, 0.4) is 0 Å². The van der Waals surface area contributed by atoms with Crippen molar-refractivity contribution in [2.45, 2.75) is 31.7 Å². The van der Waals surface area contributed by atoms with Crippen molar-refractivity contribution in [1.29, 1.82) is 0 Å². The number of nitrogens with one attached hydrogen (secondary N) is 2. The molecule has 26 heavy (non-hydrogen) atoms. The van der Waals surface area contributed by atoms with E-state index in [1.54, 1.807) is 13.0 Å². The number of hydrogen-bond donors (Lipinski definition) is 2. The molecule has 0 aliphatic carbocycles. The molecule has 0 saturated heterocycles. The Morgan fingerprint density at radius 1 is 1.12 bits per heavy atom. The van der Waals surface area contributed by atoms with Gasteiger partial charge in [-0.2, -0.15) is 0 Å². The van der Waals surface area contributed by atoms with Crippen LogP contribution in [0.25, 0.3) is 0 Å². The van der Waals surface area contributed by atoms with Gasteiger partial charge in [-0.3, -0.25) is 4.79 Å². The Kier molecular flexibility index (Phi) is 7.17. The molecule has 0 atom stereocenters. The summed E-state index contributed by atoms with van der Waals surface area (Å²) in [6, 6.07) is 13.9. The van der Waals surface area contributed by atoms with Crippen molar-refractivity contribution in [2.75, 3.05) is 13.2 Å². The monoisotopic (exact) mass is 376 g/mol. The molecule has 1 amide bonds. The van der Waals surface area contributed by atoms with E-state index >= 15 is 0 Å². The number of amides is 1. The topological polar surface area (TPSA) is 84.5 Å². The van der Waals surface area contributed by atoms with Crippen LogP contribution in [0, 0.1) is 6.92 Å². The van der Waals surface area contributed by atoms with Crippen LogP contribution in [0.5, 0.6) is 5.75 Å². The summed E-state index contributed by atoms with van der Waals surface area (Å²) in [5.41, 5.74) is 1.53. The molecule has 2 rings (SSSR count). The van der Waals surface area contributed by atoms with Crippen LogP contribution in [0.4, 0.5) is 0 Å². The number of hydrogen-bond acceptors (Lipinski definition) is 4. The van der Waals surface area contributed by atoms with Crippen molar-refractivity contribution < 1.29 is 17.9 Å². The normalized spacial score (nSPS) is 11.2. The molecule has 0 radical (unpaired) electrons. The molecule has 6 nitrogen and oxygen atoms in total. The van der Waals surface area contributed by atoms with Gasteiger partial charge in [0.25, 0.3) is 5.91 Å². The van der Waals surface area contributed by atoms with Crippen molar-refractivity contribution in [3.8, 4) is 5.75 Å².